The Morgan fingerprint density at radius 1 is 1.23 bits per heavy atom. The highest BCUT2D eigenvalue weighted by atomic mass is 16.6. The van der Waals surface area contributed by atoms with Gasteiger partial charge in [-0.3, -0.25) is 14.5 Å². The normalized spacial score (nSPS) is 11.0. The number of aliphatic hydroxyl groups excluding tert-OH is 1. The summed E-state index contributed by atoms with van der Waals surface area (Å²) in [7, 11) is 3.04. The van der Waals surface area contributed by atoms with Crippen molar-refractivity contribution in [2.45, 2.75) is 39.0 Å². The summed E-state index contributed by atoms with van der Waals surface area (Å²) >= 11 is 0. The number of nitrogens with zero attached hydrogens (tertiary/aromatic N) is 3. The molecule has 1 aromatic carbocycles. The number of unbranched alkanes of at least 4 members (excludes halogenated alkanes) is 2. The molecule has 1 N–H and O–H groups in total. The Bertz CT molecular complexity index is 844. The molecule has 0 atom stereocenters. The van der Waals surface area contributed by atoms with Crippen LogP contribution in [0.4, 0.5) is 0 Å². The van der Waals surface area contributed by atoms with E-state index in [0.717, 1.165) is 23.3 Å². The van der Waals surface area contributed by atoms with Gasteiger partial charge >= 0.3 is 17.5 Å². The molecule has 0 aromatic heterocycles. The van der Waals surface area contributed by atoms with E-state index in [1.807, 2.05) is 0 Å². The van der Waals surface area contributed by atoms with Crippen LogP contribution in [0.5, 0.6) is 11.5 Å². The number of carbonyl (C=O) groups is 2. The molecule has 9 heteroatoms. The second-order valence-electron chi connectivity index (χ2n) is 6.51. The zero-order valence-electron chi connectivity index (χ0n) is 18.3. The number of carbonyl (C=O) groups excluding carboxylic acids is 2. The van der Waals surface area contributed by atoms with Gasteiger partial charge in [-0.05, 0) is 50.3 Å². The molecule has 0 aliphatic heterocycles. The summed E-state index contributed by atoms with van der Waals surface area (Å²) in [6, 6.07) is 5.27. The summed E-state index contributed by atoms with van der Waals surface area (Å²) in [5.41, 5.74) is 0.0732. The first-order valence-electron chi connectivity index (χ1n) is 10.0. The van der Waals surface area contributed by atoms with Crippen LogP contribution in [0.2, 0.25) is 0 Å². The van der Waals surface area contributed by atoms with Gasteiger partial charge < -0.3 is 19.3 Å². The lowest BCUT2D eigenvalue weighted by atomic mass is 10.1. The predicted molar refractivity (Wildman–Crippen MR) is 115 cm³/mol. The maximum Gasteiger partial charge on any atom is 0.528 e. The zero-order chi connectivity index (χ0) is 23.2. The first kappa shape index (κ1) is 25.5. The van der Waals surface area contributed by atoms with E-state index in [9.17, 15) is 20.1 Å². The number of benzene rings is 1. The number of amides is 2. The van der Waals surface area contributed by atoms with Gasteiger partial charge in [0.25, 0.3) is 0 Å². The molecule has 31 heavy (non-hydrogen) atoms. The molecule has 0 fully saturated rings. The predicted octanol–water partition coefficient (Wildman–Crippen LogP) is 3.96. The second-order valence-corrected chi connectivity index (χ2v) is 6.51. The van der Waals surface area contributed by atoms with Crippen molar-refractivity contribution in [2.24, 2.45) is 0 Å². The van der Waals surface area contributed by atoms with Crippen LogP contribution >= 0.6 is 0 Å². The fourth-order valence-corrected chi connectivity index (χ4v) is 2.83. The molecule has 1 rings (SSSR count). The van der Waals surface area contributed by atoms with Crippen molar-refractivity contribution in [1.82, 2.24) is 4.90 Å². The molecular weight excluding hydrogens is 402 g/mol. The first-order valence-corrected chi connectivity index (χ1v) is 10.0. The number of allylic oxidation sites excluding steroid dienone is 1. The highest BCUT2D eigenvalue weighted by molar-refractivity contribution is 6.05. The van der Waals surface area contributed by atoms with Crippen LogP contribution < -0.4 is 9.47 Å². The highest BCUT2D eigenvalue weighted by Gasteiger charge is 2.38. The van der Waals surface area contributed by atoms with Crippen LogP contribution in [0.1, 0.15) is 38.2 Å². The third-order valence-corrected chi connectivity index (χ3v) is 4.45. The SMILES string of the molecule is C=CCCCCC(=O)N(CCc1ccc(OC)c(OC)c1)C(=O)/C([N+]#N)=C(\O)OCC. The number of hydrogen-bond acceptors (Lipinski definition) is 7. The molecular formula is C22H30N3O6+. The Hall–Kier alpha value is -3.54. The summed E-state index contributed by atoms with van der Waals surface area (Å²) < 4.78 is 15.4. The van der Waals surface area contributed by atoms with E-state index in [1.54, 1.807) is 31.2 Å². The Kier molecular flexibility index (Phi) is 11.2. The van der Waals surface area contributed by atoms with E-state index in [-0.39, 0.29) is 19.6 Å². The van der Waals surface area contributed by atoms with Crippen molar-refractivity contribution in [1.29, 1.82) is 5.39 Å². The van der Waals surface area contributed by atoms with Gasteiger partial charge in [-0.1, -0.05) is 12.1 Å². The second kappa shape index (κ2) is 13.6. The summed E-state index contributed by atoms with van der Waals surface area (Å²) in [5.74, 6) is -1.15. The Morgan fingerprint density at radius 3 is 2.52 bits per heavy atom. The van der Waals surface area contributed by atoms with E-state index >= 15 is 0 Å². The lowest BCUT2D eigenvalue weighted by Gasteiger charge is -2.19. The molecule has 168 valence electrons. The standard InChI is InChI=1S/C22H29N3O6/c1-5-7-8-9-10-19(26)25(21(27)20(24-23)22(28)31-6-2)14-13-16-11-12-17(29-3)18(15-16)30-4/h5,11-12,15H,1,6-10,13-14H2,2-4H3/p+1. The molecule has 0 spiro atoms. The summed E-state index contributed by atoms with van der Waals surface area (Å²) in [6.45, 7) is 5.30. The van der Waals surface area contributed by atoms with Crippen LogP contribution in [-0.2, 0) is 20.7 Å². The van der Waals surface area contributed by atoms with Gasteiger partial charge in [-0.25, -0.2) is 0 Å². The minimum atomic E-state index is -0.942. The maximum absolute atomic E-state index is 12.9. The van der Waals surface area contributed by atoms with Gasteiger partial charge in [-0.15, -0.1) is 6.58 Å². The van der Waals surface area contributed by atoms with Crippen LogP contribution in [0.25, 0.3) is 4.98 Å². The number of aliphatic hydroxyl groups is 1. The molecule has 0 heterocycles. The number of imide groups is 1. The molecule has 1 aromatic rings. The zero-order valence-corrected chi connectivity index (χ0v) is 18.3. The maximum atomic E-state index is 12.9. The van der Waals surface area contributed by atoms with Crippen LogP contribution in [0.3, 0.4) is 0 Å². The minimum Gasteiger partial charge on any atom is -0.493 e. The quantitative estimate of drug-likeness (QED) is 0.165. The van der Waals surface area contributed by atoms with Gasteiger partial charge in [0, 0.05) is 13.0 Å². The van der Waals surface area contributed by atoms with E-state index < -0.39 is 23.5 Å². The number of hydrogen-bond donors (Lipinski definition) is 1. The minimum absolute atomic E-state index is 0.00698. The van der Waals surface area contributed by atoms with Gasteiger partial charge in [0.15, 0.2) is 16.5 Å². The smallest absolute Gasteiger partial charge is 0.493 e. The van der Waals surface area contributed by atoms with Crippen LogP contribution in [0, 0.1) is 5.39 Å². The van der Waals surface area contributed by atoms with Crippen molar-refractivity contribution < 1.29 is 28.9 Å². The van der Waals surface area contributed by atoms with Crippen LogP contribution in [0.15, 0.2) is 42.5 Å². The molecule has 0 radical (unpaired) electrons. The average molecular weight is 432 g/mol. The monoisotopic (exact) mass is 432 g/mol. The Morgan fingerprint density at radius 2 is 1.94 bits per heavy atom. The molecule has 0 aliphatic carbocycles. The average Bonchev–Trinajstić information content (AvgIpc) is 2.77. The molecule has 0 aliphatic rings. The number of diazo groups is 1. The fraction of sp³-hybridized carbons (Fsp3) is 0.455. The van der Waals surface area contributed by atoms with Gasteiger partial charge in [0.05, 0.1) is 20.8 Å². The van der Waals surface area contributed by atoms with Crippen molar-refractivity contribution in [3.05, 3.63) is 53.0 Å². The number of ether oxygens (including phenoxy) is 3. The fourth-order valence-electron chi connectivity index (χ4n) is 2.83. The summed E-state index contributed by atoms with van der Waals surface area (Å²) in [4.78, 5) is 29.4. The lowest BCUT2D eigenvalue weighted by molar-refractivity contribution is -0.142. The van der Waals surface area contributed by atoms with Gasteiger partial charge in [0.1, 0.15) is 0 Å². The van der Waals surface area contributed by atoms with Crippen molar-refractivity contribution in [3.63, 3.8) is 0 Å². The number of rotatable bonds is 13. The molecule has 0 saturated heterocycles. The summed E-state index contributed by atoms with van der Waals surface area (Å²) in [6.07, 6.45) is 4.28. The number of methoxy groups -OCH3 is 2. The van der Waals surface area contributed by atoms with E-state index in [4.69, 9.17) is 14.2 Å². The molecule has 9 nitrogen and oxygen atoms in total. The highest BCUT2D eigenvalue weighted by Crippen LogP contribution is 2.28. The van der Waals surface area contributed by atoms with E-state index in [1.165, 1.54) is 14.2 Å². The molecule has 0 unspecified atom stereocenters. The van der Waals surface area contributed by atoms with Crippen molar-refractivity contribution in [2.75, 3.05) is 27.4 Å². The van der Waals surface area contributed by atoms with Crippen LogP contribution in [-0.4, -0.2) is 49.2 Å². The Balaban J connectivity index is 3.08. The molecule has 2 amide bonds. The van der Waals surface area contributed by atoms with Crippen molar-refractivity contribution in [3.8, 4) is 11.5 Å². The van der Waals surface area contributed by atoms with E-state index in [0.29, 0.717) is 24.3 Å². The third-order valence-electron chi connectivity index (χ3n) is 4.45. The molecule has 0 bridgehead atoms. The van der Waals surface area contributed by atoms with Gasteiger partial charge in [-0.2, -0.15) is 0 Å². The van der Waals surface area contributed by atoms with Gasteiger partial charge in [0.2, 0.25) is 11.3 Å². The summed E-state index contributed by atoms with van der Waals surface area (Å²) in [5, 5.41) is 19.1. The largest absolute Gasteiger partial charge is 0.528 e. The van der Waals surface area contributed by atoms with E-state index in [2.05, 4.69) is 11.6 Å². The lowest BCUT2D eigenvalue weighted by Crippen LogP contribution is -2.39. The first-order chi connectivity index (χ1) is 14.9. The molecule has 0 saturated carbocycles. The topological polar surface area (TPSA) is 113 Å². The van der Waals surface area contributed by atoms with Crippen molar-refractivity contribution >= 4 is 11.8 Å². The Labute approximate surface area is 182 Å². The third kappa shape index (κ3) is 7.66.